The third kappa shape index (κ3) is 1.74. The minimum Gasteiger partial charge on any atom is -0.479 e. The third-order valence-corrected chi connectivity index (χ3v) is 5.15. The van der Waals surface area contributed by atoms with Gasteiger partial charge in [-0.25, -0.2) is 4.79 Å². The number of benzene rings is 1. The molecule has 3 unspecified atom stereocenters. The Hall–Kier alpha value is -1.03. The highest BCUT2D eigenvalue weighted by Crippen LogP contribution is 2.52. The minimum atomic E-state index is -0.757. The largest absolute Gasteiger partial charge is 0.479 e. The second kappa shape index (κ2) is 4.26. The van der Waals surface area contributed by atoms with E-state index in [9.17, 15) is 9.90 Å². The summed E-state index contributed by atoms with van der Waals surface area (Å²) in [4.78, 5) is 11.8. The molecule has 0 saturated heterocycles. The van der Waals surface area contributed by atoms with Crippen molar-refractivity contribution in [1.82, 2.24) is 0 Å². The molecule has 4 heteroatoms. The lowest BCUT2D eigenvalue weighted by Crippen LogP contribution is -2.50. The molecule has 2 bridgehead atoms. The molecular formula is C14H16BrNO2. The van der Waals surface area contributed by atoms with E-state index in [0.717, 1.165) is 29.4 Å². The minimum absolute atomic E-state index is 0.270. The van der Waals surface area contributed by atoms with E-state index in [1.165, 1.54) is 6.42 Å². The molecular weight excluding hydrogens is 294 g/mol. The normalized spacial score (nSPS) is 33.6. The summed E-state index contributed by atoms with van der Waals surface area (Å²) in [6.45, 7) is 0. The number of hydrogen-bond donors (Lipinski definition) is 2. The number of carboxylic acid groups (broad SMARTS) is 1. The molecule has 3 rings (SSSR count). The Balaban J connectivity index is 1.93. The van der Waals surface area contributed by atoms with Gasteiger partial charge in [0.15, 0.2) is 0 Å². The first-order chi connectivity index (χ1) is 8.62. The Bertz CT molecular complexity index is 490. The summed E-state index contributed by atoms with van der Waals surface area (Å²) >= 11 is 3.47. The van der Waals surface area contributed by atoms with E-state index < -0.39 is 11.5 Å². The van der Waals surface area contributed by atoms with E-state index in [2.05, 4.69) is 21.2 Å². The summed E-state index contributed by atoms with van der Waals surface area (Å²) in [5, 5.41) is 13.0. The van der Waals surface area contributed by atoms with Crippen LogP contribution in [0.3, 0.4) is 0 Å². The van der Waals surface area contributed by atoms with E-state index in [-0.39, 0.29) is 5.92 Å². The predicted octanol–water partition coefficient (Wildman–Crippen LogP) is 3.50. The molecule has 0 aromatic heterocycles. The van der Waals surface area contributed by atoms with Gasteiger partial charge in [0.05, 0.1) is 0 Å². The van der Waals surface area contributed by atoms with Crippen LogP contribution in [-0.4, -0.2) is 16.6 Å². The molecule has 2 saturated carbocycles. The zero-order valence-corrected chi connectivity index (χ0v) is 11.6. The molecule has 1 aromatic rings. The number of nitrogens with one attached hydrogen (secondary N) is 1. The SMILES string of the molecule is O=C(O)C1(Nc2ccccc2Br)CC2CCC1C2. The van der Waals surface area contributed by atoms with Crippen molar-refractivity contribution in [2.24, 2.45) is 11.8 Å². The average molecular weight is 310 g/mol. The first-order valence-corrected chi connectivity index (χ1v) is 7.17. The lowest BCUT2D eigenvalue weighted by molar-refractivity contribution is -0.144. The highest BCUT2D eigenvalue weighted by atomic mass is 79.9. The summed E-state index contributed by atoms with van der Waals surface area (Å²) in [6.07, 6.45) is 4.05. The molecule has 2 N–H and O–H groups in total. The number of halogens is 1. The number of anilines is 1. The van der Waals surface area contributed by atoms with Crippen molar-refractivity contribution in [2.75, 3.05) is 5.32 Å². The maximum Gasteiger partial charge on any atom is 0.329 e. The van der Waals surface area contributed by atoms with Gasteiger partial charge in [-0.1, -0.05) is 12.1 Å². The van der Waals surface area contributed by atoms with Gasteiger partial charge in [-0.3, -0.25) is 0 Å². The number of para-hydroxylation sites is 1. The maximum atomic E-state index is 11.8. The molecule has 96 valence electrons. The lowest BCUT2D eigenvalue weighted by atomic mass is 9.80. The Morgan fingerprint density at radius 1 is 1.39 bits per heavy atom. The fourth-order valence-electron chi connectivity index (χ4n) is 3.60. The molecule has 3 atom stereocenters. The predicted molar refractivity (Wildman–Crippen MR) is 73.6 cm³/mol. The molecule has 18 heavy (non-hydrogen) atoms. The van der Waals surface area contributed by atoms with Gasteiger partial charge in [0.25, 0.3) is 0 Å². The van der Waals surface area contributed by atoms with Crippen LogP contribution in [0.15, 0.2) is 28.7 Å². The van der Waals surface area contributed by atoms with Crippen LogP contribution in [0.25, 0.3) is 0 Å². The lowest BCUT2D eigenvalue weighted by Gasteiger charge is -2.35. The monoisotopic (exact) mass is 309 g/mol. The summed E-state index contributed by atoms with van der Waals surface area (Å²) in [5.41, 5.74) is 0.125. The van der Waals surface area contributed by atoms with E-state index in [1.807, 2.05) is 24.3 Å². The first-order valence-electron chi connectivity index (χ1n) is 6.38. The van der Waals surface area contributed by atoms with Gasteiger partial charge in [-0.05, 0) is 65.6 Å². The fraction of sp³-hybridized carbons (Fsp3) is 0.500. The molecule has 3 nitrogen and oxygen atoms in total. The zero-order valence-electron chi connectivity index (χ0n) is 10.0. The molecule has 0 amide bonds. The molecule has 2 aliphatic rings. The Kier molecular flexibility index (Phi) is 2.85. The molecule has 2 fully saturated rings. The first kappa shape index (κ1) is 12.0. The summed E-state index contributed by atoms with van der Waals surface area (Å²) in [5.74, 6) is 0.152. The van der Waals surface area contributed by atoms with Crippen molar-refractivity contribution in [2.45, 2.75) is 31.2 Å². The number of carbonyl (C=O) groups is 1. The van der Waals surface area contributed by atoms with E-state index >= 15 is 0 Å². The van der Waals surface area contributed by atoms with Gasteiger partial charge in [0, 0.05) is 10.2 Å². The average Bonchev–Trinajstić information content (AvgIpc) is 2.93. The number of hydrogen-bond acceptors (Lipinski definition) is 2. The van der Waals surface area contributed by atoms with Gasteiger partial charge >= 0.3 is 5.97 Å². The molecule has 0 spiro atoms. The van der Waals surface area contributed by atoms with Crippen molar-refractivity contribution in [3.05, 3.63) is 28.7 Å². The van der Waals surface area contributed by atoms with Crippen molar-refractivity contribution in [3.8, 4) is 0 Å². The maximum absolute atomic E-state index is 11.8. The van der Waals surface area contributed by atoms with Crippen LogP contribution in [-0.2, 0) is 4.79 Å². The van der Waals surface area contributed by atoms with Crippen molar-refractivity contribution in [3.63, 3.8) is 0 Å². The van der Waals surface area contributed by atoms with Crippen LogP contribution < -0.4 is 5.32 Å². The van der Waals surface area contributed by atoms with Gasteiger partial charge < -0.3 is 10.4 Å². The number of aliphatic carboxylic acids is 1. The summed E-state index contributed by atoms with van der Waals surface area (Å²) < 4.78 is 0.924. The van der Waals surface area contributed by atoms with Gasteiger partial charge in [0.1, 0.15) is 5.54 Å². The van der Waals surface area contributed by atoms with E-state index in [1.54, 1.807) is 0 Å². The molecule has 0 heterocycles. The second-order valence-corrected chi connectivity index (χ2v) is 6.32. The van der Waals surface area contributed by atoms with E-state index in [0.29, 0.717) is 5.92 Å². The summed E-state index contributed by atoms with van der Waals surface area (Å²) in [6, 6.07) is 7.73. The van der Waals surface area contributed by atoms with Crippen LogP contribution in [0.2, 0.25) is 0 Å². The molecule has 2 aliphatic carbocycles. The Morgan fingerprint density at radius 3 is 2.72 bits per heavy atom. The Morgan fingerprint density at radius 2 is 2.17 bits per heavy atom. The standard InChI is InChI=1S/C14H16BrNO2/c15-11-3-1-2-4-12(11)16-14(13(17)18)8-9-5-6-10(14)7-9/h1-4,9-10,16H,5-8H2,(H,17,18). The number of rotatable bonds is 3. The summed E-state index contributed by atoms with van der Waals surface area (Å²) in [7, 11) is 0. The quantitative estimate of drug-likeness (QED) is 0.898. The van der Waals surface area contributed by atoms with Crippen LogP contribution in [0, 0.1) is 11.8 Å². The van der Waals surface area contributed by atoms with Gasteiger partial charge in [-0.2, -0.15) is 0 Å². The highest BCUT2D eigenvalue weighted by molar-refractivity contribution is 9.10. The number of fused-ring (bicyclic) bond motifs is 2. The third-order valence-electron chi connectivity index (χ3n) is 4.46. The molecule has 0 radical (unpaired) electrons. The van der Waals surface area contributed by atoms with Crippen molar-refractivity contribution in [1.29, 1.82) is 0 Å². The van der Waals surface area contributed by atoms with Crippen LogP contribution in [0.4, 0.5) is 5.69 Å². The number of carboxylic acids is 1. The van der Waals surface area contributed by atoms with Crippen molar-refractivity contribution >= 4 is 27.6 Å². The van der Waals surface area contributed by atoms with Crippen LogP contribution in [0.5, 0.6) is 0 Å². The topological polar surface area (TPSA) is 49.3 Å². The second-order valence-electron chi connectivity index (χ2n) is 5.46. The van der Waals surface area contributed by atoms with Crippen molar-refractivity contribution < 1.29 is 9.90 Å². The zero-order chi connectivity index (χ0) is 12.8. The smallest absolute Gasteiger partial charge is 0.329 e. The Labute approximate surface area is 115 Å². The highest BCUT2D eigenvalue weighted by Gasteiger charge is 2.56. The molecule has 1 aromatic carbocycles. The van der Waals surface area contributed by atoms with Crippen LogP contribution >= 0.6 is 15.9 Å². The molecule has 0 aliphatic heterocycles. The van der Waals surface area contributed by atoms with Gasteiger partial charge in [-0.15, -0.1) is 0 Å². The van der Waals surface area contributed by atoms with Gasteiger partial charge in [0.2, 0.25) is 0 Å². The van der Waals surface area contributed by atoms with E-state index in [4.69, 9.17) is 0 Å². The fourth-order valence-corrected chi connectivity index (χ4v) is 3.99. The van der Waals surface area contributed by atoms with Crippen LogP contribution in [0.1, 0.15) is 25.7 Å².